The van der Waals surface area contributed by atoms with E-state index >= 15 is 0 Å². The van der Waals surface area contributed by atoms with E-state index in [2.05, 4.69) is 21.4 Å². The summed E-state index contributed by atoms with van der Waals surface area (Å²) in [6.45, 7) is 4.82. The summed E-state index contributed by atoms with van der Waals surface area (Å²) in [4.78, 5) is 2.67. The van der Waals surface area contributed by atoms with E-state index in [1.165, 1.54) is 0 Å². The van der Waals surface area contributed by atoms with Crippen molar-refractivity contribution in [1.29, 1.82) is 5.26 Å². The first-order valence-corrected chi connectivity index (χ1v) is 5.40. The SMILES string of the molecule is Cc1cccc(C)c1C(C#N)NCCN=[N+]=[N-]. The highest BCUT2D eigenvalue weighted by Gasteiger charge is 2.13. The number of hydrogen-bond acceptors (Lipinski definition) is 3. The third-order valence-corrected chi connectivity index (χ3v) is 2.58. The highest BCUT2D eigenvalue weighted by atomic mass is 15.1. The fourth-order valence-corrected chi connectivity index (χ4v) is 1.80. The highest BCUT2D eigenvalue weighted by molar-refractivity contribution is 5.38. The van der Waals surface area contributed by atoms with E-state index in [0.717, 1.165) is 16.7 Å². The summed E-state index contributed by atoms with van der Waals surface area (Å²) in [5.41, 5.74) is 11.4. The molecule has 1 aromatic rings. The highest BCUT2D eigenvalue weighted by Crippen LogP contribution is 2.21. The minimum atomic E-state index is -0.356. The molecule has 0 saturated carbocycles. The number of azide groups is 1. The first kappa shape index (κ1) is 13.0. The predicted molar refractivity (Wildman–Crippen MR) is 66.3 cm³/mol. The van der Waals surface area contributed by atoms with Crippen LogP contribution in [0, 0.1) is 25.2 Å². The third-order valence-electron chi connectivity index (χ3n) is 2.58. The minimum absolute atomic E-state index is 0.347. The normalized spacial score (nSPS) is 11.4. The van der Waals surface area contributed by atoms with E-state index in [1.807, 2.05) is 32.0 Å². The molecule has 5 heteroatoms. The zero-order valence-corrected chi connectivity index (χ0v) is 10.0. The van der Waals surface area contributed by atoms with Crippen LogP contribution in [0.1, 0.15) is 22.7 Å². The molecule has 0 heterocycles. The summed E-state index contributed by atoms with van der Waals surface area (Å²) in [5.74, 6) is 0. The van der Waals surface area contributed by atoms with Gasteiger partial charge in [-0.1, -0.05) is 23.3 Å². The average molecular weight is 229 g/mol. The Labute approximate surface area is 101 Å². The summed E-state index contributed by atoms with van der Waals surface area (Å²) in [6.07, 6.45) is 0. The molecule has 1 unspecified atom stereocenters. The Morgan fingerprint density at radius 3 is 2.65 bits per heavy atom. The molecule has 0 saturated heterocycles. The van der Waals surface area contributed by atoms with E-state index in [0.29, 0.717) is 13.1 Å². The molecular formula is C12H15N5. The Morgan fingerprint density at radius 2 is 2.12 bits per heavy atom. The molecule has 1 N–H and O–H groups in total. The van der Waals surface area contributed by atoms with Gasteiger partial charge in [-0.25, -0.2) is 0 Å². The molecule has 0 bridgehead atoms. The molecule has 1 rings (SSSR count). The van der Waals surface area contributed by atoms with E-state index < -0.39 is 0 Å². The Hall–Kier alpha value is -2.02. The topological polar surface area (TPSA) is 84.6 Å². The van der Waals surface area contributed by atoms with Crippen LogP contribution in [0.25, 0.3) is 10.4 Å². The number of benzene rings is 1. The number of nitrogens with zero attached hydrogens (tertiary/aromatic N) is 4. The second-order valence-electron chi connectivity index (χ2n) is 3.78. The lowest BCUT2D eigenvalue weighted by Crippen LogP contribution is -2.24. The molecule has 0 aromatic heterocycles. The number of nitrogens with one attached hydrogen (secondary N) is 1. The van der Waals surface area contributed by atoms with Crippen LogP contribution in [0.2, 0.25) is 0 Å². The van der Waals surface area contributed by atoms with Crippen molar-refractivity contribution in [1.82, 2.24) is 5.32 Å². The molecule has 5 nitrogen and oxygen atoms in total. The van der Waals surface area contributed by atoms with Gasteiger partial charge in [-0.3, -0.25) is 5.32 Å². The van der Waals surface area contributed by atoms with Crippen LogP contribution in [0.3, 0.4) is 0 Å². The number of aryl methyl sites for hydroxylation is 2. The third kappa shape index (κ3) is 3.49. The summed E-state index contributed by atoms with van der Waals surface area (Å²) in [6, 6.07) is 7.83. The zero-order chi connectivity index (χ0) is 12.7. The zero-order valence-electron chi connectivity index (χ0n) is 10.0. The van der Waals surface area contributed by atoms with Gasteiger partial charge in [-0.05, 0) is 36.1 Å². The monoisotopic (exact) mass is 229 g/mol. The molecule has 0 radical (unpaired) electrons. The quantitative estimate of drug-likeness (QED) is 0.364. The Morgan fingerprint density at radius 1 is 1.47 bits per heavy atom. The van der Waals surface area contributed by atoms with Crippen molar-refractivity contribution in [2.45, 2.75) is 19.9 Å². The molecule has 0 aliphatic rings. The van der Waals surface area contributed by atoms with E-state index in [1.54, 1.807) is 0 Å². The predicted octanol–water partition coefficient (Wildman–Crippen LogP) is 2.77. The summed E-state index contributed by atoms with van der Waals surface area (Å²) in [5, 5.41) is 15.7. The standard InChI is InChI=1S/C12H15N5/c1-9-4-3-5-10(2)12(9)11(8-13)15-6-7-16-17-14/h3-5,11,15H,6-7H2,1-2H3. The van der Waals surface area contributed by atoms with E-state index in [9.17, 15) is 0 Å². The maximum Gasteiger partial charge on any atom is 0.121 e. The van der Waals surface area contributed by atoms with Crippen LogP contribution in [-0.4, -0.2) is 13.1 Å². The van der Waals surface area contributed by atoms with Gasteiger partial charge in [0.2, 0.25) is 0 Å². The van der Waals surface area contributed by atoms with E-state index in [4.69, 9.17) is 10.8 Å². The lowest BCUT2D eigenvalue weighted by molar-refractivity contribution is 0.630. The molecule has 88 valence electrons. The second kappa shape index (κ2) is 6.54. The van der Waals surface area contributed by atoms with Gasteiger partial charge >= 0.3 is 0 Å². The van der Waals surface area contributed by atoms with Crippen LogP contribution < -0.4 is 5.32 Å². The fourth-order valence-electron chi connectivity index (χ4n) is 1.80. The molecule has 0 fully saturated rings. The summed E-state index contributed by atoms with van der Waals surface area (Å²) >= 11 is 0. The lowest BCUT2D eigenvalue weighted by Gasteiger charge is -2.16. The van der Waals surface area contributed by atoms with Gasteiger partial charge in [-0.15, -0.1) is 0 Å². The van der Waals surface area contributed by atoms with Crippen molar-refractivity contribution in [3.05, 3.63) is 45.3 Å². The molecule has 17 heavy (non-hydrogen) atoms. The first-order valence-electron chi connectivity index (χ1n) is 5.40. The van der Waals surface area contributed by atoms with Gasteiger partial charge in [0.1, 0.15) is 6.04 Å². The summed E-state index contributed by atoms with van der Waals surface area (Å²) < 4.78 is 0. The van der Waals surface area contributed by atoms with Crippen molar-refractivity contribution in [2.75, 3.05) is 13.1 Å². The van der Waals surface area contributed by atoms with Crippen molar-refractivity contribution in [3.8, 4) is 6.07 Å². The van der Waals surface area contributed by atoms with Crippen LogP contribution in [0.5, 0.6) is 0 Å². The lowest BCUT2D eigenvalue weighted by atomic mass is 9.97. The van der Waals surface area contributed by atoms with Gasteiger partial charge in [0, 0.05) is 18.0 Å². The Kier molecular flexibility index (Phi) is 5.02. The molecule has 1 aromatic carbocycles. The maximum atomic E-state index is 9.17. The number of rotatable bonds is 5. The van der Waals surface area contributed by atoms with Crippen molar-refractivity contribution >= 4 is 0 Å². The molecule has 0 aliphatic carbocycles. The molecule has 0 amide bonds. The minimum Gasteiger partial charge on any atom is -0.298 e. The molecule has 1 atom stereocenters. The van der Waals surface area contributed by atoms with Crippen molar-refractivity contribution in [3.63, 3.8) is 0 Å². The van der Waals surface area contributed by atoms with E-state index in [-0.39, 0.29) is 6.04 Å². The largest absolute Gasteiger partial charge is 0.298 e. The van der Waals surface area contributed by atoms with Crippen LogP contribution in [0.15, 0.2) is 23.3 Å². The molecular weight excluding hydrogens is 214 g/mol. The van der Waals surface area contributed by atoms with Gasteiger partial charge in [0.05, 0.1) is 6.07 Å². The molecule has 0 aliphatic heterocycles. The van der Waals surface area contributed by atoms with Crippen LogP contribution >= 0.6 is 0 Å². The maximum absolute atomic E-state index is 9.17. The van der Waals surface area contributed by atoms with Crippen molar-refractivity contribution < 1.29 is 0 Å². The number of hydrogen-bond donors (Lipinski definition) is 1. The average Bonchev–Trinajstić information content (AvgIpc) is 2.31. The van der Waals surface area contributed by atoms with Crippen LogP contribution in [0.4, 0.5) is 0 Å². The second-order valence-corrected chi connectivity index (χ2v) is 3.78. The van der Waals surface area contributed by atoms with Gasteiger partial charge < -0.3 is 0 Å². The van der Waals surface area contributed by atoms with Gasteiger partial charge in [0.15, 0.2) is 0 Å². The van der Waals surface area contributed by atoms with Gasteiger partial charge in [-0.2, -0.15) is 5.26 Å². The fraction of sp³-hybridized carbons (Fsp3) is 0.417. The van der Waals surface area contributed by atoms with Gasteiger partial charge in [0.25, 0.3) is 0 Å². The smallest absolute Gasteiger partial charge is 0.121 e. The first-order chi connectivity index (χ1) is 8.20. The summed E-state index contributed by atoms with van der Waals surface area (Å²) in [7, 11) is 0. The number of nitriles is 1. The molecule has 0 spiro atoms. The Balaban J connectivity index is 2.80. The van der Waals surface area contributed by atoms with Crippen molar-refractivity contribution in [2.24, 2.45) is 5.11 Å². The Bertz CT molecular complexity index is 448. The van der Waals surface area contributed by atoms with Crippen LogP contribution in [-0.2, 0) is 0 Å².